The third kappa shape index (κ3) is 6.51. The largest absolute Gasteiger partial charge is 0.375 e. The zero-order valence-corrected chi connectivity index (χ0v) is 19.0. The Morgan fingerprint density at radius 2 is 1.21 bits per heavy atom. The Bertz CT molecular complexity index is 981. The Labute approximate surface area is 195 Å². The van der Waals surface area contributed by atoms with Gasteiger partial charge >= 0.3 is 0 Å². The second-order valence-corrected chi connectivity index (χ2v) is 8.37. The maximum Gasteiger partial charge on any atom is 0.225 e. The molecule has 5 nitrogen and oxygen atoms in total. The lowest BCUT2D eigenvalue weighted by molar-refractivity contribution is -0.174. The van der Waals surface area contributed by atoms with Crippen LogP contribution in [0.1, 0.15) is 23.1 Å². The first-order chi connectivity index (χ1) is 16.2. The molecule has 1 amide bonds. The molecule has 0 aliphatic carbocycles. The molecule has 1 aliphatic heterocycles. The summed E-state index contributed by atoms with van der Waals surface area (Å²) in [5.74, 6) is 0.0425. The van der Waals surface area contributed by atoms with Crippen molar-refractivity contribution >= 4 is 5.91 Å². The third-order valence-electron chi connectivity index (χ3n) is 6.00. The fourth-order valence-corrected chi connectivity index (χ4v) is 4.08. The number of piperidine rings is 1. The van der Waals surface area contributed by atoms with Crippen LogP contribution in [-0.4, -0.2) is 42.7 Å². The third-order valence-corrected chi connectivity index (χ3v) is 6.00. The lowest BCUT2D eigenvalue weighted by Gasteiger charge is -2.43. The quantitative estimate of drug-likeness (QED) is 0.457. The van der Waals surface area contributed by atoms with Gasteiger partial charge in [-0.1, -0.05) is 91.0 Å². The highest BCUT2D eigenvalue weighted by atomic mass is 16.5. The van der Waals surface area contributed by atoms with Crippen LogP contribution in [0.25, 0.3) is 0 Å². The normalized spacial score (nSPS) is 20.7. The maximum atomic E-state index is 12.8. The van der Waals surface area contributed by atoms with E-state index in [0.717, 1.165) is 16.7 Å². The summed E-state index contributed by atoms with van der Waals surface area (Å²) in [7, 11) is 1.82. The van der Waals surface area contributed by atoms with Crippen LogP contribution >= 0.6 is 0 Å². The minimum Gasteiger partial charge on any atom is -0.375 e. The molecule has 1 saturated heterocycles. The Kier molecular flexibility index (Phi) is 8.25. The fourth-order valence-electron chi connectivity index (χ4n) is 4.08. The molecule has 3 atom stereocenters. The van der Waals surface area contributed by atoms with Crippen LogP contribution < -0.4 is 0 Å². The number of benzene rings is 3. The van der Waals surface area contributed by atoms with Crippen LogP contribution in [0.3, 0.4) is 0 Å². The minimum absolute atomic E-state index is 0.0425. The van der Waals surface area contributed by atoms with Gasteiger partial charge in [-0.05, 0) is 16.7 Å². The highest BCUT2D eigenvalue weighted by Crippen LogP contribution is 2.26. The van der Waals surface area contributed by atoms with Crippen molar-refractivity contribution in [3.8, 4) is 0 Å². The van der Waals surface area contributed by atoms with Gasteiger partial charge in [0.05, 0.1) is 45.0 Å². The van der Waals surface area contributed by atoms with Crippen molar-refractivity contribution < 1.29 is 19.0 Å². The van der Waals surface area contributed by atoms with Crippen molar-refractivity contribution in [1.82, 2.24) is 4.90 Å². The number of carbonyl (C=O) groups excluding carboxylic acids is 1. The number of amides is 1. The van der Waals surface area contributed by atoms with Gasteiger partial charge in [0.2, 0.25) is 5.91 Å². The van der Waals surface area contributed by atoms with Crippen LogP contribution in [0.15, 0.2) is 91.0 Å². The monoisotopic (exact) mass is 445 g/mol. The summed E-state index contributed by atoms with van der Waals surface area (Å²) >= 11 is 0. The summed E-state index contributed by atoms with van der Waals surface area (Å²) in [6.45, 7) is 1.75. The number of carbonyl (C=O) groups is 1. The van der Waals surface area contributed by atoms with Crippen LogP contribution in [-0.2, 0) is 38.8 Å². The smallest absolute Gasteiger partial charge is 0.225 e. The Balaban J connectivity index is 1.47. The number of likely N-dealkylation sites (tertiary alicyclic amines) is 1. The van der Waals surface area contributed by atoms with Gasteiger partial charge in [-0.25, -0.2) is 0 Å². The molecule has 33 heavy (non-hydrogen) atoms. The molecule has 0 radical (unpaired) electrons. The van der Waals surface area contributed by atoms with Gasteiger partial charge in [-0.2, -0.15) is 0 Å². The first-order valence-corrected chi connectivity index (χ1v) is 11.4. The SMILES string of the molecule is CN1C(=O)CC(OCc2ccccc2)C(OCc2ccccc2)C1COCc1ccccc1. The number of hydrogen-bond acceptors (Lipinski definition) is 4. The van der Waals surface area contributed by atoms with Gasteiger partial charge in [0.1, 0.15) is 6.10 Å². The first-order valence-electron chi connectivity index (χ1n) is 11.4. The number of hydrogen-bond donors (Lipinski definition) is 0. The fraction of sp³-hybridized carbons (Fsp3) is 0.321. The average Bonchev–Trinajstić information content (AvgIpc) is 2.86. The van der Waals surface area contributed by atoms with Gasteiger partial charge in [0, 0.05) is 7.05 Å². The average molecular weight is 446 g/mol. The van der Waals surface area contributed by atoms with E-state index in [1.165, 1.54) is 0 Å². The van der Waals surface area contributed by atoms with E-state index in [1.54, 1.807) is 4.90 Å². The molecule has 1 heterocycles. The topological polar surface area (TPSA) is 48.0 Å². The van der Waals surface area contributed by atoms with Gasteiger partial charge in [0.25, 0.3) is 0 Å². The molecule has 4 rings (SSSR count). The summed E-state index contributed by atoms with van der Waals surface area (Å²) in [6.07, 6.45) is -0.354. The highest BCUT2D eigenvalue weighted by molar-refractivity contribution is 5.78. The molecule has 1 aliphatic rings. The van der Waals surface area contributed by atoms with Gasteiger partial charge in [0.15, 0.2) is 0 Å². The van der Waals surface area contributed by atoms with Crippen molar-refractivity contribution in [3.63, 3.8) is 0 Å². The van der Waals surface area contributed by atoms with Crippen molar-refractivity contribution in [2.75, 3.05) is 13.7 Å². The zero-order chi connectivity index (χ0) is 22.9. The molecule has 0 bridgehead atoms. The number of rotatable bonds is 10. The minimum atomic E-state index is -0.344. The molecule has 1 fully saturated rings. The summed E-state index contributed by atoms with van der Waals surface area (Å²) in [5, 5.41) is 0. The number of likely N-dealkylation sites (N-methyl/N-ethyl adjacent to an activating group) is 1. The predicted octanol–water partition coefficient (Wildman–Crippen LogP) is 4.60. The predicted molar refractivity (Wildman–Crippen MR) is 127 cm³/mol. The van der Waals surface area contributed by atoms with Crippen molar-refractivity contribution in [3.05, 3.63) is 108 Å². The van der Waals surface area contributed by atoms with E-state index >= 15 is 0 Å². The van der Waals surface area contributed by atoms with Crippen molar-refractivity contribution in [2.24, 2.45) is 0 Å². The molecule has 3 aromatic rings. The molecular weight excluding hydrogens is 414 g/mol. The highest BCUT2D eigenvalue weighted by Gasteiger charge is 2.42. The number of ether oxygens (including phenoxy) is 3. The Morgan fingerprint density at radius 3 is 1.76 bits per heavy atom. The summed E-state index contributed by atoms with van der Waals surface area (Å²) in [4.78, 5) is 14.6. The molecule has 3 aromatic carbocycles. The van der Waals surface area contributed by atoms with E-state index in [0.29, 0.717) is 26.4 Å². The second-order valence-electron chi connectivity index (χ2n) is 8.37. The van der Waals surface area contributed by atoms with Gasteiger partial charge in [-0.15, -0.1) is 0 Å². The maximum absolute atomic E-state index is 12.8. The van der Waals surface area contributed by atoms with Crippen LogP contribution in [0.4, 0.5) is 0 Å². The van der Waals surface area contributed by atoms with E-state index in [2.05, 4.69) is 0 Å². The summed E-state index contributed by atoms with van der Waals surface area (Å²) in [6, 6.07) is 29.9. The van der Waals surface area contributed by atoms with E-state index in [9.17, 15) is 4.79 Å². The van der Waals surface area contributed by atoms with Crippen molar-refractivity contribution in [2.45, 2.75) is 44.5 Å². The van der Waals surface area contributed by atoms with Crippen LogP contribution in [0.5, 0.6) is 0 Å². The lowest BCUT2D eigenvalue weighted by atomic mass is 9.95. The molecule has 0 aromatic heterocycles. The molecule has 3 unspecified atom stereocenters. The van der Waals surface area contributed by atoms with Crippen LogP contribution in [0.2, 0.25) is 0 Å². The molecule has 0 N–H and O–H groups in total. The molecule has 5 heteroatoms. The van der Waals surface area contributed by atoms with E-state index in [-0.39, 0.29) is 30.6 Å². The Morgan fingerprint density at radius 1 is 0.727 bits per heavy atom. The van der Waals surface area contributed by atoms with E-state index in [1.807, 2.05) is 98.0 Å². The van der Waals surface area contributed by atoms with Crippen LogP contribution in [0, 0.1) is 0 Å². The van der Waals surface area contributed by atoms with Gasteiger partial charge < -0.3 is 19.1 Å². The molecular formula is C28H31NO4. The zero-order valence-electron chi connectivity index (χ0n) is 19.0. The van der Waals surface area contributed by atoms with Crippen molar-refractivity contribution in [1.29, 1.82) is 0 Å². The van der Waals surface area contributed by atoms with E-state index in [4.69, 9.17) is 14.2 Å². The first kappa shape index (κ1) is 23.2. The Hall–Kier alpha value is -2.99. The lowest BCUT2D eigenvalue weighted by Crippen LogP contribution is -2.59. The van der Waals surface area contributed by atoms with E-state index < -0.39 is 0 Å². The second kappa shape index (κ2) is 11.8. The molecule has 0 spiro atoms. The summed E-state index contributed by atoms with van der Waals surface area (Å²) < 4.78 is 18.7. The summed E-state index contributed by atoms with van der Waals surface area (Å²) in [5.41, 5.74) is 3.26. The number of nitrogens with zero attached hydrogens (tertiary/aromatic N) is 1. The van der Waals surface area contributed by atoms with Gasteiger partial charge in [-0.3, -0.25) is 4.79 Å². The molecule has 0 saturated carbocycles. The standard InChI is InChI=1S/C28H31NO4/c1-29-25(21-31-18-22-11-5-2-6-12-22)28(33-20-24-15-9-4-10-16-24)26(17-27(29)30)32-19-23-13-7-3-8-14-23/h2-16,25-26,28H,17-21H2,1H3. The molecule has 172 valence electrons.